The van der Waals surface area contributed by atoms with E-state index in [0.29, 0.717) is 5.92 Å². The molecule has 1 amide bonds. The van der Waals surface area contributed by atoms with Gasteiger partial charge in [-0.1, -0.05) is 0 Å². The van der Waals surface area contributed by atoms with E-state index in [0.717, 1.165) is 44.2 Å². The number of Topliss-reactive ketones (excluding diaryl/α,β-unsaturated/α-hetero) is 1. The third-order valence-electron chi connectivity index (χ3n) is 7.68. The molecule has 0 aromatic heterocycles. The highest BCUT2D eigenvalue weighted by molar-refractivity contribution is 9.10. The molecule has 2 atom stereocenters. The fourth-order valence-corrected chi connectivity index (χ4v) is 8.82. The largest absolute Gasteiger partial charge is 0.369 e. The van der Waals surface area contributed by atoms with Crippen LogP contribution in [-0.4, -0.2) is 25.6 Å². The van der Waals surface area contributed by atoms with Crippen molar-refractivity contribution in [2.45, 2.75) is 62.8 Å². The van der Waals surface area contributed by atoms with Crippen molar-refractivity contribution in [3.63, 3.8) is 0 Å². The van der Waals surface area contributed by atoms with Gasteiger partial charge in [-0.2, -0.15) is 4.72 Å². The van der Waals surface area contributed by atoms with Crippen LogP contribution in [0.5, 0.6) is 0 Å². The molecule has 1 aromatic carbocycles. The van der Waals surface area contributed by atoms with E-state index in [1.54, 1.807) is 13.8 Å². The Morgan fingerprint density at radius 2 is 1.84 bits per heavy atom. The number of nitrogens with two attached hydrogens (primary N) is 1. The molecule has 0 spiro atoms. The Morgan fingerprint density at radius 3 is 2.39 bits per heavy atom. The number of carbonyl (C=O) groups excluding carboxylic acids is 2. The van der Waals surface area contributed by atoms with Crippen molar-refractivity contribution >= 4 is 37.6 Å². The lowest BCUT2D eigenvalue weighted by atomic mass is 9.45. The zero-order chi connectivity index (χ0) is 22.8. The predicted molar refractivity (Wildman–Crippen MR) is 117 cm³/mol. The van der Waals surface area contributed by atoms with E-state index in [1.165, 1.54) is 6.07 Å². The van der Waals surface area contributed by atoms with Crippen LogP contribution in [0.15, 0.2) is 27.6 Å². The van der Waals surface area contributed by atoms with Crippen molar-refractivity contribution in [3.05, 3.63) is 28.5 Å². The predicted octanol–water partition coefficient (Wildman–Crippen LogP) is 3.53. The number of carbonyl (C=O) groups is 2. The maximum atomic E-state index is 13.4. The molecular weight excluding hydrogens is 487 g/mol. The molecule has 4 saturated carbocycles. The molecule has 1 aromatic rings. The first kappa shape index (κ1) is 22.9. The van der Waals surface area contributed by atoms with Gasteiger partial charge in [0.2, 0.25) is 15.9 Å². The van der Waals surface area contributed by atoms with Crippen LogP contribution >= 0.6 is 15.9 Å². The van der Waals surface area contributed by atoms with Gasteiger partial charge in [-0.25, -0.2) is 12.8 Å². The average molecular weight is 515 g/mol. The highest BCUT2D eigenvalue weighted by Crippen LogP contribution is 2.62. The quantitative estimate of drug-likeness (QED) is 0.580. The minimum Gasteiger partial charge on any atom is -0.369 e. The van der Waals surface area contributed by atoms with Gasteiger partial charge in [0, 0.05) is 16.3 Å². The Hall–Kier alpha value is -1.32. The molecule has 4 aliphatic carbocycles. The number of benzene rings is 1. The van der Waals surface area contributed by atoms with Gasteiger partial charge in [0.15, 0.2) is 5.78 Å². The Bertz CT molecular complexity index is 1030. The van der Waals surface area contributed by atoms with Gasteiger partial charge in [-0.05, 0) is 104 Å². The highest BCUT2D eigenvalue weighted by atomic mass is 79.9. The zero-order valence-electron chi connectivity index (χ0n) is 17.7. The van der Waals surface area contributed by atoms with Crippen molar-refractivity contribution in [2.24, 2.45) is 34.8 Å². The van der Waals surface area contributed by atoms with Crippen molar-refractivity contribution in [1.29, 1.82) is 0 Å². The molecule has 3 N–H and O–H groups in total. The van der Waals surface area contributed by atoms with Crippen LogP contribution in [0.3, 0.4) is 0 Å². The molecule has 4 aliphatic rings. The number of ketones is 1. The second kappa shape index (κ2) is 7.63. The van der Waals surface area contributed by atoms with Crippen molar-refractivity contribution in [3.8, 4) is 0 Å². The van der Waals surface area contributed by atoms with Gasteiger partial charge in [-0.3, -0.25) is 9.59 Å². The van der Waals surface area contributed by atoms with E-state index in [4.69, 9.17) is 5.73 Å². The maximum Gasteiger partial charge on any atom is 0.242 e. The van der Waals surface area contributed by atoms with Crippen LogP contribution in [-0.2, 0) is 19.6 Å². The van der Waals surface area contributed by atoms with E-state index >= 15 is 0 Å². The Labute approximate surface area is 190 Å². The average Bonchev–Trinajstić information content (AvgIpc) is 2.62. The van der Waals surface area contributed by atoms with Gasteiger partial charge in [0.05, 0.1) is 10.4 Å². The fourth-order valence-electron chi connectivity index (χ4n) is 6.37. The molecule has 2 unspecified atom stereocenters. The number of nitrogens with one attached hydrogen (secondary N) is 1. The highest BCUT2D eigenvalue weighted by Gasteiger charge is 2.58. The van der Waals surface area contributed by atoms with Crippen LogP contribution in [0.4, 0.5) is 4.39 Å². The minimum atomic E-state index is -4.04. The lowest BCUT2D eigenvalue weighted by molar-refractivity contribution is -0.152. The first-order chi connectivity index (χ1) is 14.3. The van der Waals surface area contributed by atoms with Gasteiger partial charge >= 0.3 is 0 Å². The number of rotatable bonds is 7. The summed E-state index contributed by atoms with van der Waals surface area (Å²) in [6.07, 6.45) is 4.64. The van der Waals surface area contributed by atoms with Crippen LogP contribution in [0.2, 0.25) is 0 Å². The zero-order valence-corrected chi connectivity index (χ0v) is 20.1. The Morgan fingerprint density at radius 1 is 1.23 bits per heavy atom. The molecule has 170 valence electrons. The summed E-state index contributed by atoms with van der Waals surface area (Å²) in [5, 5.41) is 0. The summed E-state index contributed by atoms with van der Waals surface area (Å²) in [4.78, 5) is 25.2. The Kier molecular flexibility index (Phi) is 5.62. The molecule has 0 saturated heterocycles. The number of halogens is 2. The summed E-state index contributed by atoms with van der Waals surface area (Å²) in [6.45, 7) is 3.12. The molecule has 0 radical (unpaired) electrons. The summed E-state index contributed by atoms with van der Waals surface area (Å²) in [6, 6.07) is 3.31. The standard InChI is InChI=1S/C22H28BrFN2O4S/c1-21(2,26-31(29,30)18-4-3-15(24)7-17(18)23)19(27)8-16-13-5-12-6-14(16)11-22(9-12,10-13)20(25)28/h3-4,7,12-14,16,26H,5-6,8-11H2,1-2H3,(H2,25,28). The SMILES string of the molecule is CC(C)(NS(=O)(=O)c1ccc(F)cc1Br)C(=O)CC1C2CC3CC1CC(C(N)=O)(C3)C2. The van der Waals surface area contributed by atoms with Gasteiger partial charge < -0.3 is 5.73 Å². The number of primary amides is 1. The normalized spacial score (nSPS) is 32.3. The molecular formula is C22H28BrFN2O4S. The van der Waals surface area contributed by atoms with Crippen LogP contribution in [0, 0.1) is 34.9 Å². The molecule has 9 heteroatoms. The van der Waals surface area contributed by atoms with Gasteiger partial charge in [0.1, 0.15) is 5.82 Å². The summed E-state index contributed by atoms with van der Waals surface area (Å²) in [7, 11) is -4.04. The van der Waals surface area contributed by atoms with Gasteiger partial charge in [0.25, 0.3) is 0 Å². The van der Waals surface area contributed by atoms with Crippen molar-refractivity contribution < 1.29 is 22.4 Å². The monoisotopic (exact) mass is 514 g/mol. The minimum absolute atomic E-state index is 0.0982. The van der Waals surface area contributed by atoms with Gasteiger partial charge in [-0.15, -0.1) is 0 Å². The molecule has 0 aliphatic heterocycles. The van der Waals surface area contributed by atoms with E-state index in [2.05, 4.69) is 20.7 Å². The first-order valence-electron chi connectivity index (χ1n) is 10.7. The van der Waals surface area contributed by atoms with Crippen LogP contribution < -0.4 is 10.5 Å². The Balaban J connectivity index is 1.49. The van der Waals surface area contributed by atoms with Crippen LogP contribution in [0.25, 0.3) is 0 Å². The van der Waals surface area contributed by atoms with Crippen LogP contribution in [0.1, 0.15) is 52.4 Å². The molecule has 31 heavy (non-hydrogen) atoms. The smallest absolute Gasteiger partial charge is 0.242 e. The van der Waals surface area contributed by atoms with E-state index < -0.39 is 26.8 Å². The number of hydrogen-bond acceptors (Lipinski definition) is 4. The topological polar surface area (TPSA) is 106 Å². The van der Waals surface area contributed by atoms with Crippen molar-refractivity contribution in [1.82, 2.24) is 4.72 Å². The first-order valence-corrected chi connectivity index (χ1v) is 12.9. The third-order valence-corrected chi connectivity index (χ3v) is 10.3. The molecule has 6 nitrogen and oxygen atoms in total. The van der Waals surface area contributed by atoms with E-state index in [1.807, 2.05) is 0 Å². The number of hydrogen-bond donors (Lipinski definition) is 2. The van der Waals surface area contributed by atoms with Crippen molar-refractivity contribution in [2.75, 3.05) is 0 Å². The second-order valence-electron chi connectivity index (χ2n) is 10.2. The van der Waals surface area contributed by atoms with E-state index in [-0.39, 0.29) is 45.2 Å². The summed E-state index contributed by atoms with van der Waals surface area (Å²) in [5.41, 5.74) is 4.01. The summed E-state index contributed by atoms with van der Waals surface area (Å²) in [5.74, 6) is 0.255. The summed E-state index contributed by atoms with van der Waals surface area (Å²) >= 11 is 3.08. The third kappa shape index (κ3) is 4.09. The number of sulfonamides is 1. The lowest BCUT2D eigenvalue weighted by Gasteiger charge is -2.59. The molecule has 4 fully saturated rings. The fraction of sp³-hybridized carbons (Fsp3) is 0.636. The second-order valence-corrected chi connectivity index (χ2v) is 12.7. The molecule has 5 rings (SSSR count). The number of amides is 1. The lowest BCUT2D eigenvalue weighted by Crippen LogP contribution is -2.57. The molecule has 4 bridgehead atoms. The maximum absolute atomic E-state index is 13.4. The summed E-state index contributed by atoms with van der Waals surface area (Å²) < 4.78 is 41.7. The molecule has 0 heterocycles. The van der Waals surface area contributed by atoms with E-state index in [9.17, 15) is 22.4 Å².